The first-order valence-electron chi connectivity index (χ1n) is 24.7. The van der Waals surface area contributed by atoms with Crippen molar-refractivity contribution in [1.82, 2.24) is 19.8 Å². The molecule has 2 aromatic carbocycles. The van der Waals surface area contributed by atoms with Crippen molar-refractivity contribution < 1.29 is 28.5 Å². The summed E-state index contributed by atoms with van der Waals surface area (Å²) in [6.45, 7) is 16.1. The van der Waals surface area contributed by atoms with E-state index in [0.29, 0.717) is 31.7 Å². The first kappa shape index (κ1) is 49.0. The Morgan fingerprint density at radius 3 is 1.55 bits per heavy atom. The zero-order chi connectivity index (χ0) is 46.0. The van der Waals surface area contributed by atoms with Crippen molar-refractivity contribution in [3.05, 3.63) is 109 Å². The molecule has 2 atom stereocenters. The minimum absolute atomic E-state index is 0.0309. The van der Waals surface area contributed by atoms with Gasteiger partial charge in [0.1, 0.15) is 30.3 Å². The fourth-order valence-corrected chi connectivity index (χ4v) is 9.45. The molecular weight excluding hydrogens is 829 g/mol. The van der Waals surface area contributed by atoms with Crippen LogP contribution in [0.25, 0.3) is 0 Å². The molecule has 4 saturated heterocycles. The molecule has 12 heteroatoms. The smallest absolute Gasteiger partial charge is 0.410 e. The van der Waals surface area contributed by atoms with Gasteiger partial charge < -0.3 is 43.3 Å². The predicted octanol–water partition coefficient (Wildman–Crippen LogP) is 10.1. The number of benzene rings is 2. The highest BCUT2D eigenvalue weighted by Gasteiger charge is 2.33. The van der Waals surface area contributed by atoms with Crippen molar-refractivity contribution in [2.75, 3.05) is 82.5 Å². The van der Waals surface area contributed by atoms with Crippen molar-refractivity contribution in [3.8, 4) is 11.5 Å². The van der Waals surface area contributed by atoms with Crippen LogP contribution in [0, 0.1) is 11.8 Å². The molecule has 0 bridgehead atoms. The van der Waals surface area contributed by atoms with E-state index in [4.69, 9.17) is 23.7 Å². The van der Waals surface area contributed by atoms with Crippen LogP contribution in [0.15, 0.2) is 97.6 Å². The van der Waals surface area contributed by atoms with Crippen molar-refractivity contribution in [1.29, 1.82) is 0 Å². The highest BCUT2D eigenvalue weighted by molar-refractivity contribution is 5.69. The van der Waals surface area contributed by atoms with Gasteiger partial charge in [-0.05, 0) is 122 Å². The van der Waals surface area contributed by atoms with Crippen LogP contribution < -0.4 is 19.3 Å². The first-order chi connectivity index (χ1) is 32.1. The number of likely N-dealkylation sites (N-methyl/N-ethyl adjacent to an activating group) is 1. The monoisotopic (exact) mass is 905 g/mol. The molecule has 0 N–H and O–H groups in total. The van der Waals surface area contributed by atoms with E-state index in [-0.39, 0.29) is 12.1 Å². The number of rotatable bonds is 18. The van der Waals surface area contributed by atoms with Crippen LogP contribution in [-0.4, -0.2) is 116 Å². The van der Waals surface area contributed by atoms with Crippen LogP contribution in [0.4, 0.5) is 16.2 Å². The zero-order valence-corrected chi connectivity index (χ0v) is 40.2. The van der Waals surface area contributed by atoms with Crippen molar-refractivity contribution in [2.45, 2.75) is 116 Å². The third-order valence-corrected chi connectivity index (χ3v) is 13.5. The maximum absolute atomic E-state index is 12.5. The minimum Gasteiger partial charge on any atom is -0.490 e. The van der Waals surface area contributed by atoms with E-state index in [1.165, 1.54) is 49.0 Å². The fourth-order valence-electron chi connectivity index (χ4n) is 9.45. The molecule has 4 fully saturated rings. The van der Waals surface area contributed by atoms with Crippen LogP contribution in [0.1, 0.15) is 96.1 Å². The quantitative estimate of drug-likeness (QED) is 0.0892. The molecule has 4 aromatic rings. The summed E-state index contributed by atoms with van der Waals surface area (Å²) in [6, 6.07) is 25.6. The number of carbonyl (C=O) groups excluding carboxylic acids is 1. The second-order valence-electron chi connectivity index (χ2n) is 19.6. The van der Waals surface area contributed by atoms with Gasteiger partial charge in [-0.25, -0.2) is 4.79 Å². The lowest BCUT2D eigenvalue weighted by atomic mass is 9.94. The zero-order valence-electron chi connectivity index (χ0n) is 40.2. The number of ether oxygens (including phenoxy) is 5. The Morgan fingerprint density at radius 2 is 1.08 bits per heavy atom. The topological polar surface area (TPSA) is 102 Å². The number of hydrogen-bond acceptors (Lipinski definition) is 11. The van der Waals surface area contributed by atoms with Crippen LogP contribution in [0.3, 0.4) is 0 Å². The maximum atomic E-state index is 12.5. The first-order valence-corrected chi connectivity index (χ1v) is 24.7. The van der Waals surface area contributed by atoms with Crippen LogP contribution in [0.5, 0.6) is 11.5 Å². The highest BCUT2D eigenvalue weighted by Crippen LogP contribution is 2.30. The average Bonchev–Trinajstić information content (AvgIpc) is 4.00. The molecule has 0 saturated carbocycles. The number of pyridine rings is 2. The summed E-state index contributed by atoms with van der Waals surface area (Å²) >= 11 is 0. The normalized spacial score (nSPS) is 19.7. The highest BCUT2D eigenvalue weighted by atomic mass is 16.6. The lowest BCUT2D eigenvalue weighted by Gasteiger charge is -2.33. The Hall–Kier alpha value is -4.91. The number of nitrogens with zero attached hydrogens (tertiary/aromatic N) is 6. The van der Waals surface area contributed by atoms with Gasteiger partial charge in [-0.15, -0.1) is 0 Å². The summed E-state index contributed by atoms with van der Waals surface area (Å²) in [4.78, 5) is 30.4. The number of anilines is 2. The Labute approximate surface area is 394 Å². The standard InChI is InChI=1S/C29H41N3O4.C25H35N3O2/c1-29(2,3)36-28(33)32-14-7-10-25(32)22-35-27-18-26(19-30-20-27)31-15-11-23(12-16-31)13-17-34-21-24-8-5-4-6-9-24;1-27-12-5-8-23(27)20-30-25-16-24(17-26-18-25)28-13-9-21(10-14-28)11-15-29-19-22-6-3-2-4-7-22/h4-6,8-9,18-20,23,25H,7,10-17,21-22H2,1-3H3;2-4,6-7,16-18,21,23H,5,8-15,19-20H2,1H3/t25-;23-/m11/s1. The lowest BCUT2D eigenvalue weighted by Crippen LogP contribution is -2.42. The van der Waals surface area contributed by atoms with Gasteiger partial charge in [0.05, 0.1) is 55.4 Å². The van der Waals surface area contributed by atoms with Gasteiger partial charge >= 0.3 is 6.09 Å². The van der Waals surface area contributed by atoms with Gasteiger partial charge in [0.25, 0.3) is 0 Å². The van der Waals surface area contributed by atoms with E-state index in [0.717, 1.165) is 114 Å². The summed E-state index contributed by atoms with van der Waals surface area (Å²) in [6.07, 6.45) is 18.6. The number of amides is 1. The van der Waals surface area contributed by atoms with Crippen molar-refractivity contribution in [3.63, 3.8) is 0 Å². The third-order valence-electron chi connectivity index (χ3n) is 13.5. The predicted molar refractivity (Wildman–Crippen MR) is 262 cm³/mol. The van der Waals surface area contributed by atoms with Gasteiger partial charge in [0.15, 0.2) is 0 Å². The Balaban J connectivity index is 0.000000199. The van der Waals surface area contributed by atoms with Gasteiger partial charge in [0, 0.05) is 64.1 Å². The SMILES string of the molecule is CC(C)(C)OC(=O)N1CCC[C@@H]1COc1cncc(N2CCC(CCOCc3ccccc3)CC2)c1.CN1CCC[C@@H]1COc1cncc(N2CCC(CCOCc3ccccc3)CC2)c1. The van der Waals surface area contributed by atoms with Crippen LogP contribution in [0.2, 0.25) is 0 Å². The maximum Gasteiger partial charge on any atom is 0.410 e. The van der Waals surface area contributed by atoms with Crippen molar-refractivity contribution in [2.24, 2.45) is 11.8 Å². The van der Waals surface area contributed by atoms with E-state index in [2.05, 4.69) is 92.4 Å². The summed E-state index contributed by atoms with van der Waals surface area (Å²) in [7, 11) is 2.19. The molecule has 66 heavy (non-hydrogen) atoms. The fraction of sp³-hybridized carbons (Fsp3) is 0.574. The Bertz CT molecular complexity index is 2000. The molecule has 12 nitrogen and oxygen atoms in total. The van der Waals surface area contributed by atoms with Gasteiger partial charge in [-0.1, -0.05) is 60.7 Å². The van der Waals surface area contributed by atoms with Crippen LogP contribution >= 0.6 is 0 Å². The number of likely N-dealkylation sites (tertiary alicyclic amines) is 2. The largest absolute Gasteiger partial charge is 0.490 e. The Morgan fingerprint density at radius 1 is 0.606 bits per heavy atom. The second kappa shape index (κ2) is 25.3. The van der Waals surface area contributed by atoms with E-state index in [1.807, 2.05) is 51.5 Å². The molecule has 4 aliphatic heterocycles. The second-order valence-corrected chi connectivity index (χ2v) is 19.6. The number of aromatic nitrogens is 2. The molecule has 1 amide bonds. The molecule has 4 aliphatic rings. The molecule has 0 radical (unpaired) electrons. The van der Waals surface area contributed by atoms with E-state index >= 15 is 0 Å². The Kier molecular flexibility index (Phi) is 18.8. The third kappa shape index (κ3) is 15.9. The number of carbonyl (C=O) groups is 1. The van der Waals surface area contributed by atoms with Gasteiger partial charge in [-0.2, -0.15) is 0 Å². The molecule has 2 aromatic heterocycles. The molecule has 6 heterocycles. The average molecular weight is 905 g/mol. The molecule has 358 valence electrons. The summed E-state index contributed by atoms with van der Waals surface area (Å²) in [5.41, 5.74) is 4.27. The van der Waals surface area contributed by atoms with E-state index < -0.39 is 5.60 Å². The van der Waals surface area contributed by atoms with Gasteiger partial charge in [0.2, 0.25) is 0 Å². The molecular formula is C54H76N6O6. The van der Waals surface area contributed by atoms with Gasteiger partial charge in [-0.3, -0.25) is 9.97 Å². The summed E-state index contributed by atoms with van der Waals surface area (Å²) in [5.74, 6) is 3.09. The molecule has 0 spiro atoms. The minimum atomic E-state index is -0.494. The lowest BCUT2D eigenvalue weighted by molar-refractivity contribution is 0.0187. The van der Waals surface area contributed by atoms with Crippen LogP contribution in [-0.2, 0) is 27.4 Å². The molecule has 0 aliphatic carbocycles. The van der Waals surface area contributed by atoms with Crippen molar-refractivity contribution >= 4 is 17.5 Å². The summed E-state index contributed by atoms with van der Waals surface area (Å²) in [5, 5.41) is 0. The summed E-state index contributed by atoms with van der Waals surface area (Å²) < 4.78 is 29.5. The number of piperidine rings is 2. The number of hydrogen-bond donors (Lipinski definition) is 0. The van der Waals surface area contributed by atoms with E-state index in [1.54, 1.807) is 11.1 Å². The van der Waals surface area contributed by atoms with E-state index in [9.17, 15) is 4.79 Å². The molecule has 8 rings (SSSR count). The molecule has 0 unspecified atom stereocenters.